The summed E-state index contributed by atoms with van der Waals surface area (Å²) < 4.78 is 0. The predicted octanol–water partition coefficient (Wildman–Crippen LogP) is 3.08. The zero-order chi connectivity index (χ0) is 21.8. The van der Waals surface area contributed by atoms with E-state index in [1.807, 2.05) is 32.6 Å². The summed E-state index contributed by atoms with van der Waals surface area (Å²) in [6.45, 7) is 14.6. The Balaban J connectivity index is 2.01. The summed E-state index contributed by atoms with van der Waals surface area (Å²) in [7, 11) is 0. The molecule has 29 heavy (non-hydrogen) atoms. The standard InChI is InChI=1S/C20H32ClN5O2S/c1-13(2)10-22-17(27)12-29-19-23-15(21)9-16(24-19)25-7-8-26(14(3)11-25)18(28)20(4,5)6/h9,13-14H,7-8,10-12H2,1-6H3,(H,22,27). The Morgan fingerprint density at radius 1 is 1.31 bits per heavy atom. The van der Waals surface area contributed by atoms with Gasteiger partial charge in [-0.3, -0.25) is 9.59 Å². The first-order valence-electron chi connectivity index (χ1n) is 9.97. The summed E-state index contributed by atoms with van der Waals surface area (Å²) in [5.74, 6) is 1.50. The molecular formula is C20H32ClN5O2S. The van der Waals surface area contributed by atoms with Crippen LogP contribution >= 0.6 is 23.4 Å². The van der Waals surface area contributed by atoms with E-state index < -0.39 is 5.41 Å². The van der Waals surface area contributed by atoms with E-state index in [0.717, 1.165) is 5.82 Å². The van der Waals surface area contributed by atoms with Crippen molar-refractivity contribution in [1.29, 1.82) is 0 Å². The van der Waals surface area contributed by atoms with Crippen LogP contribution in [0.25, 0.3) is 0 Å². The summed E-state index contributed by atoms with van der Waals surface area (Å²) in [6.07, 6.45) is 0. The molecule has 1 aliphatic rings. The Morgan fingerprint density at radius 2 is 2.00 bits per heavy atom. The summed E-state index contributed by atoms with van der Waals surface area (Å²) in [6, 6.07) is 1.81. The Morgan fingerprint density at radius 3 is 2.59 bits per heavy atom. The van der Waals surface area contributed by atoms with E-state index in [9.17, 15) is 9.59 Å². The largest absolute Gasteiger partial charge is 0.355 e. The number of halogens is 1. The van der Waals surface area contributed by atoms with E-state index >= 15 is 0 Å². The van der Waals surface area contributed by atoms with Crippen molar-refractivity contribution in [2.45, 2.75) is 52.7 Å². The average molecular weight is 442 g/mol. The van der Waals surface area contributed by atoms with Crippen LogP contribution < -0.4 is 10.2 Å². The summed E-state index contributed by atoms with van der Waals surface area (Å²) in [5.41, 5.74) is -0.394. The summed E-state index contributed by atoms with van der Waals surface area (Å²) >= 11 is 7.48. The molecule has 9 heteroatoms. The molecule has 7 nitrogen and oxygen atoms in total. The molecule has 1 aromatic heterocycles. The van der Waals surface area contributed by atoms with Crippen molar-refractivity contribution >= 4 is 41.0 Å². The van der Waals surface area contributed by atoms with Crippen molar-refractivity contribution in [3.8, 4) is 0 Å². The summed E-state index contributed by atoms with van der Waals surface area (Å²) in [4.78, 5) is 37.5. The van der Waals surface area contributed by atoms with Crippen LogP contribution in [0.5, 0.6) is 0 Å². The van der Waals surface area contributed by atoms with Gasteiger partial charge < -0.3 is 15.1 Å². The lowest BCUT2D eigenvalue weighted by molar-refractivity contribution is -0.142. The zero-order valence-corrected chi connectivity index (χ0v) is 19.7. The number of nitrogens with zero attached hydrogens (tertiary/aromatic N) is 4. The van der Waals surface area contributed by atoms with Crippen LogP contribution in [0.2, 0.25) is 5.15 Å². The van der Waals surface area contributed by atoms with Gasteiger partial charge in [-0.15, -0.1) is 0 Å². The van der Waals surface area contributed by atoms with Gasteiger partial charge in [0.15, 0.2) is 5.16 Å². The fraction of sp³-hybridized carbons (Fsp3) is 0.700. The van der Waals surface area contributed by atoms with Gasteiger partial charge in [-0.05, 0) is 12.8 Å². The number of rotatable bonds is 6. The quantitative estimate of drug-likeness (QED) is 0.415. The molecule has 0 aliphatic carbocycles. The van der Waals surface area contributed by atoms with E-state index in [4.69, 9.17) is 11.6 Å². The van der Waals surface area contributed by atoms with Crippen molar-refractivity contribution in [3.05, 3.63) is 11.2 Å². The third kappa shape index (κ3) is 7.03. The molecule has 162 valence electrons. The van der Waals surface area contributed by atoms with Crippen molar-refractivity contribution < 1.29 is 9.59 Å². The van der Waals surface area contributed by atoms with Gasteiger partial charge in [0, 0.05) is 43.7 Å². The normalized spacial score (nSPS) is 17.6. The van der Waals surface area contributed by atoms with Gasteiger partial charge in [0.25, 0.3) is 0 Å². The van der Waals surface area contributed by atoms with Gasteiger partial charge in [0.2, 0.25) is 11.8 Å². The number of aromatic nitrogens is 2. The van der Waals surface area contributed by atoms with Crippen LogP contribution in [0.4, 0.5) is 5.82 Å². The molecule has 2 rings (SSSR count). The second-order valence-electron chi connectivity index (χ2n) is 8.86. The van der Waals surface area contributed by atoms with Crippen LogP contribution in [-0.2, 0) is 9.59 Å². The lowest BCUT2D eigenvalue weighted by atomic mass is 9.93. The first-order chi connectivity index (χ1) is 13.5. The van der Waals surface area contributed by atoms with Gasteiger partial charge >= 0.3 is 0 Å². The molecule has 1 atom stereocenters. The highest BCUT2D eigenvalue weighted by Gasteiger charge is 2.34. The molecule has 0 aromatic carbocycles. The van der Waals surface area contributed by atoms with Crippen LogP contribution in [0.3, 0.4) is 0 Å². The lowest BCUT2D eigenvalue weighted by Crippen LogP contribution is -2.56. The van der Waals surface area contributed by atoms with E-state index in [0.29, 0.717) is 42.4 Å². The fourth-order valence-corrected chi connectivity index (χ4v) is 3.92. The Hall–Kier alpha value is -1.54. The minimum absolute atomic E-state index is 0.0447. The van der Waals surface area contributed by atoms with Gasteiger partial charge in [-0.1, -0.05) is 58.0 Å². The SMILES string of the molecule is CC(C)CNC(=O)CSc1nc(Cl)cc(N2CCN(C(=O)C(C)(C)C)C(C)C2)n1. The number of carbonyl (C=O) groups excluding carboxylic acids is 2. The van der Waals surface area contributed by atoms with E-state index in [1.54, 1.807) is 6.07 Å². The van der Waals surface area contributed by atoms with Gasteiger partial charge in [-0.2, -0.15) is 0 Å². The second kappa shape index (κ2) is 9.98. The van der Waals surface area contributed by atoms with Crippen LogP contribution in [0.15, 0.2) is 11.2 Å². The first-order valence-corrected chi connectivity index (χ1v) is 11.3. The molecule has 1 saturated heterocycles. The molecule has 2 heterocycles. The van der Waals surface area contributed by atoms with E-state index in [1.165, 1.54) is 11.8 Å². The number of amides is 2. The second-order valence-corrected chi connectivity index (χ2v) is 10.2. The molecule has 1 N–H and O–H groups in total. The van der Waals surface area contributed by atoms with Crippen LogP contribution in [0, 0.1) is 11.3 Å². The van der Waals surface area contributed by atoms with E-state index in [2.05, 4.69) is 34.0 Å². The average Bonchev–Trinajstić information content (AvgIpc) is 2.63. The Labute approximate surface area is 183 Å². The lowest BCUT2D eigenvalue weighted by Gasteiger charge is -2.42. The number of anilines is 1. The molecule has 0 saturated carbocycles. The molecule has 1 unspecified atom stereocenters. The topological polar surface area (TPSA) is 78.4 Å². The molecule has 1 fully saturated rings. The zero-order valence-electron chi connectivity index (χ0n) is 18.2. The van der Waals surface area contributed by atoms with Crippen molar-refractivity contribution in [3.63, 3.8) is 0 Å². The molecular weight excluding hydrogens is 410 g/mol. The molecule has 0 bridgehead atoms. The fourth-order valence-electron chi connectivity index (χ4n) is 3.01. The number of nitrogens with one attached hydrogen (secondary N) is 1. The molecule has 1 aromatic rings. The first kappa shape index (κ1) is 23.7. The minimum Gasteiger partial charge on any atom is -0.355 e. The smallest absolute Gasteiger partial charge is 0.230 e. The molecule has 0 spiro atoms. The third-order valence-corrected chi connectivity index (χ3v) is 5.60. The van der Waals surface area contributed by atoms with Crippen molar-refractivity contribution in [2.75, 3.05) is 36.8 Å². The highest BCUT2D eigenvalue weighted by molar-refractivity contribution is 7.99. The molecule has 1 aliphatic heterocycles. The Kier molecular flexibility index (Phi) is 8.17. The molecule has 0 radical (unpaired) electrons. The number of piperazine rings is 1. The maximum absolute atomic E-state index is 12.6. The minimum atomic E-state index is -0.394. The van der Waals surface area contributed by atoms with Crippen molar-refractivity contribution in [1.82, 2.24) is 20.2 Å². The van der Waals surface area contributed by atoms with Crippen LogP contribution in [-0.4, -0.2) is 64.7 Å². The van der Waals surface area contributed by atoms with E-state index in [-0.39, 0.29) is 23.6 Å². The number of carbonyl (C=O) groups is 2. The monoisotopic (exact) mass is 441 g/mol. The maximum Gasteiger partial charge on any atom is 0.230 e. The maximum atomic E-state index is 12.6. The van der Waals surface area contributed by atoms with Crippen molar-refractivity contribution in [2.24, 2.45) is 11.3 Å². The highest BCUT2D eigenvalue weighted by Crippen LogP contribution is 2.26. The predicted molar refractivity (Wildman–Crippen MR) is 118 cm³/mol. The third-order valence-electron chi connectivity index (χ3n) is 4.55. The number of hydrogen-bond donors (Lipinski definition) is 1. The Bertz CT molecular complexity index is 738. The number of hydrogen-bond acceptors (Lipinski definition) is 6. The van der Waals surface area contributed by atoms with Gasteiger partial charge in [0.1, 0.15) is 11.0 Å². The van der Waals surface area contributed by atoms with Gasteiger partial charge in [-0.25, -0.2) is 9.97 Å². The highest BCUT2D eigenvalue weighted by atomic mass is 35.5. The van der Waals surface area contributed by atoms with Gasteiger partial charge in [0.05, 0.1) is 5.75 Å². The number of thioether (sulfide) groups is 1. The molecule has 2 amide bonds. The summed E-state index contributed by atoms with van der Waals surface area (Å²) in [5, 5.41) is 3.71. The van der Waals surface area contributed by atoms with Crippen LogP contribution in [0.1, 0.15) is 41.5 Å².